The van der Waals surface area contributed by atoms with E-state index >= 15 is 0 Å². The molecule has 0 aromatic rings. The fourth-order valence-electron chi connectivity index (χ4n) is 0. The second kappa shape index (κ2) is 16.8. The molecule has 0 fully saturated rings. The van der Waals surface area contributed by atoms with E-state index in [0.717, 1.165) is 0 Å². The number of carboxylic acid groups (broad SMARTS) is 3. The molecule has 0 heterocycles. The van der Waals surface area contributed by atoms with Crippen molar-refractivity contribution in [3.05, 3.63) is 0 Å². The fraction of sp³-hybridized carbons (Fsp3) is 0. The summed E-state index contributed by atoms with van der Waals surface area (Å²) in [6.45, 7) is 0. The molecular weight excluding hydrogens is 182 g/mol. The van der Waals surface area contributed by atoms with Gasteiger partial charge in [0, 0.05) is 0 Å². The Balaban J connectivity index is -0.0000000383. The molecule has 0 rings (SSSR count). The van der Waals surface area contributed by atoms with E-state index in [0.29, 0.717) is 0 Å². The number of hydrogen-bond donors (Lipinski definition) is 2. The van der Waals surface area contributed by atoms with Crippen LogP contribution in [0.4, 0.5) is 9.59 Å². The maximum atomic E-state index is 8.90. The summed E-state index contributed by atoms with van der Waals surface area (Å²) in [5.74, 6) is 0. The zero-order valence-electron chi connectivity index (χ0n) is 5.94. The molecule has 54 valence electrons. The minimum Gasteiger partial charge on any atom is -0.652 e. The van der Waals surface area contributed by atoms with Crippen molar-refractivity contribution in [1.29, 1.82) is 0 Å². The van der Waals surface area contributed by atoms with Crippen molar-refractivity contribution in [1.82, 2.24) is 0 Å². The van der Waals surface area contributed by atoms with Gasteiger partial charge in [-0.3, -0.25) is 4.89 Å². The number of rotatable bonds is 0. The van der Waals surface area contributed by atoms with Crippen molar-refractivity contribution in [2.75, 3.05) is 0 Å². The van der Waals surface area contributed by atoms with E-state index in [-0.39, 0.29) is 59.1 Å². The normalized spacial score (nSPS) is 5.18. The molecule has 0 amide bonds. The third-order valence-electron chi connectivity index (χ3n) is 0.0781. The molecule has 0 atom stereocenters. The first kappa shape index (κ1) is 22.5. The van der Waals surface area contributed by atoms with Gasteiger partial charge >= 0.3 is 65.3 Å². The first-order valence-electron chi connectivity index (χ1n) is 1.43. The molecule has 7 nitrogen and oxygen atoms in total. The summed E-state index contributed by atoms with van der Waals surface area (Å²) in [6, 6.07) is 0. The van der Waals surface area contributed by atoms with Gasteiger partial charge in [-0.25, -0.2) is 4.79 Å². The quantitative estimate of drug-likeness (QED) is 0.217. The van der Waals surface area contributed by atoms with Crippen molar-refractivity contribution < 1.29 is 94.2 Å². The molecule has 0 aliphatic carbocycles. The Labute approximate surface area is 105 Å². The van der Waals surface area contributed by atoms with Crippen LogP contribution in [-0.2, 0) is 4.89 Å². The van der Waals surface area contributed by atoms with Crippen molar-refractivity contribution in [3.63, 3.8) is 0 Å². The number of hydrogen-bond acceptors (Lipinski definition) is 6. The first-order chi connectivity index (χ1) is 4.00. The monoisotopic (exact) mass is 184 g/mol. The summed E-state index contributed by atoms with van der Waals surface area (Å²) in [4.78, 5) is 19.9. The third kappa shape index (κ3) is 121. The van der Waals surface area contributed by atoms with Crippen molar-refractivity contribution in [2.45, 2.75) is 0 Å². The third-order valence-corrected chi connectivity index (χ3v) is 0.0781. The summed E-state index contributed by atoms with van der Waals surface area (Å²) in [7, 11) is 0. The van der Waals surface area contributed by atoms with Gasteiger partial charge in [-0.05, 0) is 6.16 Å². The Morgan fingerprint density at radius 1 is 1.18 bits per heavy atom. The van der Waals surface area contributed by atoms with Crippen LogP contribution in [0.25, 0.3) is 0 Å². The molecule has 9 heteroatoms. The second-order valence-electron chi connectivity index (χ2n) is 0.607. The molecular formula is C2H2Na2O7. The summed E-state index contributed by atoms with van der Waals surface area (Å²) in [6.07, 6.45) is -4.02. The van der Waals surface area contributed by atoms with Gasteiger partial charge < -0.3 is 20.1 Å². The van der Waals surface area contributed by atoms with Crippen LogP contribution in [0.3, 0.4) is 0 Å². The van der Waals surface area contributed by atoms with E-state index in [2.05, 4.69) is 4.89 Å². The van der Waals surface area contributed by atoms with Crippen LogP contribution < -0.4 is 69.3 Å². The molecule has 0 saturated carbocycles. The van der Waals surface area contributed by atoms with Crippen molar-refractivity contribution in [3.8, 4) is 0 Å². The largest absolute Gasteiger partial charge is 1.00 e. The Morgan fingerprint density at radius 2 is 1.27 bits per heavy atom. The summed E-state index contributed by atoms with van der Waals surface area (Å²) >= 11 is 0. The van der Waals surface area contributed by atoms with E-state index in [1.165, 1.54) is 0 Å². The average Bonchev–Trinajstić information content (AvgIpc) is 1.65. The van der Waals surface area contributed by atoms with Crippen LogP contribution in [0.5, 0.6) is 0 Å². The van der Waals surface area contributed by atoms with Crippen LogP contribution in [0.2, 0.25) is 0 Å². The maximum Gasteiger partial charge on any atom is 1.00 e. The SMILES string of the molecule is O=C(O)OO.O=C([O-])[O-].[Na+].[Na+]. The fourth-order valence-corrected chi connectivity index (χ4v) is 0. The topological polar surface area (TPSA) is 130 Å². The molecule has 0 unspecified atom stereocenters. The van der Waals surface area contributed by atoms with Crippen molar-refractivity contribution in [2.24, 2.45) is 0 Å². The first-order valence-corrected chi connectivity index (χ1v) is 1.43. The molecule has 11 heavy (non-hydrogen) atoms. The molecule has 0 saturated heterocycles. The number of carbonyl (C=O) groups excluding carboxylic acids is 1. The van der Waals surface area contributed by atoms with Gasteiger partial charge in [0.1, 0.15) is 0 Å². The molecule has 0 radical (unpaired) electrons. The standard InChI is InChI=1S/CH2O4.CH2O3.2Na/c2-1(3)5-4;2-1(3)4;;/h4H,(H,2,3);(H2,2,3,4);;/q;;2*+1/p-2. The maximum absolute atomic E-state index is 8.90. The smallest absolute Gasteiger partial charge is 0.652 e. The predicted molar refractivity (Wildman–Crippen MR) is 17.1 cm³/mol. The minimum absolute atomic E-state index is 0. The molecule has 0 spiro atoms. The summed E-state index contributed by atoms with van der Waals surface area (Å²) in [5, 5.41) is 31.0. The van der Waals surface area contributed by atoms with E-state index in [4.69, 9.17) is 30.2 Å². The van der Waals surface area contributed by atoms with Crippen LogP contribution in [0.1, 0.15) is 0 Å². The molecule has 0 bridgehead atoms. The molecule has 0 aliphatic rings. The van der Waals surface area contributed by atoms with Gasteiger partial charge in [0.25, 0.3) is 0 Å². The van der Waals surface area contributed by atoms with Crippen LogP contribution in [-0.4, -0.2) is 22.7 Å². The summed E-state index contributed by atoms with van der Waals surface area (Å²) < 4.78 is 0. The molecule has 0 aromatic carbocycles. The Morgan fingerprint density at radius 3 is 1.27 bits per heavy atom. The molecule has 0 aromatic heterocycles. The van der Waals surface area contributed by atoms with Crippen LogP contribution in [0, 0.1) is 0 Å². The van der Waals surface area contributed by atoms with Gasteiger partial charge in [-0.15, -0.1) is 0 Å². The Kier molecular flexibility index (Phi) is 34.5. The van der Waals surface area contributed by atoms with E-state index in [1.54, 1.807) is 0 Å². The van der Waals surface area contributed by atoms with E-state index in [9.17, 15) is 0 Å². The van der Waals surface area contributed by atoms with Crippen LogP contribution >= 0.6 is 0 Å². The Bertz CT molecular complexity index is 98.6. The average molecular weight is 184 g/mol. The zero-order valence-corrected chi connectivity index (χ0v) is 9.94. The minimum atomic E-state index is -2.33. The second-order valence-corrected chi connectivity index (χ2v) is 0.607. The number of carbonyl (C=O) groups is 2. The predicted octanol–water partition coefficient (Wildman–Crippen LogP) is -8.29. The summed E-state index contributed by atoms with van der Waals surface area (Å²) in [5.41, 5.74) is 0. The van der Waals surface area contributed by atoms with Gasteiger partial charge in [0.05, 0.1) is 0 Å². The van der Waals surface area contributed by atoms with E-state index in [1.807, 2.05) is 0 Å². The van der Waals surface area contributed by atoms with Gasteiger partial charge in [-0.1, -0.05) is 0 Å². The van der Waals surface area contributed by atoms with Gasteiger partial charge in [-0.2, -0.15) is 5.26 Å². The van der Waals surface area contributed by atoms with Crippen LogP contribution in [0.15, 0.2) is 0 Å². The molecule has 0 aliphatic heterocycles. The Hall–Kier alpha value is 0.500. The molecule has 2 N–H and O–H groups in total. The van der Waals surface area contributed by atoms with Gasteiger partial charge in [0.15, 0.2) is 0 Å². The van der Waals surface area contributed by atoms with Crippen molar-refractivity contribution >= 4 is 12.3 Å². The zero-order chi connectivity index (χ0) is 7.86. The van der Waals surface area contributed by atoms with E-state index < -0.39 is 12.3 Å². The van der Waals surface area contributed by atoms with Gasteiger partial charge in [0.2, 0.25) is 0 Å².